The van der Waals surface area contributed by atoms with Gasteiger partial charge in [-0.25, -0.2) is 0 Å². The van der Waals surface area contributed by atoms with E-state index in [1.165, 1.54) is 0 Å². The van der Waals surface area contributed by atoms with Crippen LogP contribution in [0.3, 0.4) is 0 Å². The Balaban J connectivity index is 2.42. The molecule has 0 fully saturated rings. The number of aliphatic hydroxyl groups excluding tert-OH is 1. The maximum atomic E-state index is 12.0. The average molecular weight is 254 g/mol. The van der Waals surface area contributed by atoms with Gasteiger partial charge in [0.05, 0.1) is 26.0 Å². The lowest BCUT2D eigenvalue weighted by Crippen LogP contribution is -2.39. The molecule has 1 N–H and O–H groups in total. The molecule has 1 amide bonds. The second kappa shape index (κ2) is 7.89. The van der Waals surface area contributed by atoms with E-state index in [2.05, 4.69) is 6.92 Å². The molecule has 1 aromatic rings. The summed E-state index contributed by atoms with van der Waals surface area (Å²) in [5.74, 6) is 0.809. The molecule has 0 saturated carbocycles. The van der Waals surface area contributed by atoms with E-state index in [0.29, 0.717) is 19.6 Å². The molecular weight excluding hydrogens is 232 g/mol. The van der Waals surface area contributed by atoms with Crippen LogP contribution in [-0.2, 0) is 11.3 Å². The van der Waals surface area contributed by atoms with Crippen LogP contribution < -0.4 is 0 Å². The van der Waals surface area contributed by atoms with Gasteiger partial charge in [-0.3, -0.25) is 9.69 Å². The summed E-state index contributed by atoms with van der Waals surface area (Å²) >= 11 is 0. The van der Waals surface area contributed by atoms with Gasteiger partial charge in [0.15, 0.2) is 0 Å². The van der Waals surface area contributed by atoms with Gasteiger partial charge in [-0.1, -0.05) is 6.92 Å². The molecule has 1 heterocycles. The minimum Gasteiger partial charge on any atom is -0.467 e. The monoisotopic (exact) mass is 254 g/mol. The molecule has 0 unspecified atom stereocenters. The Kier molecular flexibility index (Phi) is 6.46. The Bertz CT molecular complexity index is 332. The lowest BCUT2D eigenvalue weighted by Gasteiger charge is -2.23. The van der Waals surface area contributed by atoms with Crippen LogP contribution in [0.1, 0.15) is 19.1 Å². The van der Waals surface area contributed by atoms with Gasteiger partial charge < -0.3 is 14.4 Å². The third kappa shape index (κ3) is 4.89. The summed E-state index contributed by atoms with van der Waals surface area (Å²) in [7, 11) is 1.76. The highest BCUT2D eigenvalue weighted by molar-refractivity contribution is 5.77. The topological polar surface area (TPSA) is 56.9 Å². The van der Waals surface area contributed by atoms with Gasteiger partial charge in [0.25, 0.3) is 0 Å². The summed E-state index contributed by atoms with van der Waals surface area (Å²) < 4.78 is 5.21. The molecule has 102 valence electrons. The smallest absolute Gasteiger partial charge is 0.236 e. The second-order valence-electron chi connectivity index (χ2n) is 4.33. The quantitative estimate of drug-likeness (QED) is 0.750. The molecule has 0 aliphatic heterocycles. The molecule has 18 heavy (non-hydrogen) atoms. The number of likely N-dealkylation sites (N-methyl/N-ethyl adjacent to an activating group) is 1. The third-order valence-corrected chi connectivity index (χ3v) is 2.71. The van der Waals surface area contributed by atoms with Gasteiger partial charge >= 0.3 is 0 Å². The maximum absolute atomic E-state index is 12.0. The molecule has 0 radical (unpaired) electrons. The van der Waals surface area contributed by atoms with Crippen molar-refractivity contribution in [2.24, 2.45) is 0 Å². The van der Waals surface area contributed by atoms with E-state index in [0.717, 1.165) is 18.7 Å². The Morgan fingerprint density at radius 1 is 1.44 bits per heavy atom. The molecule has 5 heteroatoms. The second-order valence-corrected chi connectivity index (χ2v) is 4.33. The Labute approximate surface area is 108 Å². The molecule has 5 nitrogen and oxygen atoms in total. The van der Waals surface area contributed by atoms with Gasteiger partial charge in [-0.15, -0.1) is 0 Å². The van der Waals surface area contributed by atoms with Crippen molar-refractivity contribution in [3.8, 4) is 0 Å². The highest BCUT2D eigenvalue weighted by atomic mass is 16.3. The standard InChI is InChI=1S/C13H22N2O3/c1-3-6-15(7-8-16)11-13(17)14(2)10-12-5-4-9-18-12/h4-5,9,16H,3,6-8,10-11H2,1-2H3. The number of carbonyl (C=O) groups excluding carboxylic acids is 1. The largest absolute Gasteiger partial charge is 0.467 e. The zero-order valence-corrected chi connectivity index (χ0v) is 11.1. The Hall–Kier alpha value is -1.33. The van der Waals surface area contributed by atoms with E-state index in [-0.39, 0.29) is 12.5 Å². The first-order valence-electron chi connectivity index (χ1n) is 6.27. The number of hydrogen-bond donors (Lipinski definition) is 1. The van der Waals surface area contributed by atoms with Gasteiger partial charge in [-0.2, -0.15) is 0 Å². The summed E-state index contributed by atoms with van der Waals surface area (Å²) in [6.45, 7) is 4.31. The van der Waals surface area contributed by atoms with Crippen LogP contribution >= 0.6 is 0 Å². The van der Waals surface area contributed by atoms with Gasteiger partial charge in [-0.05, 0) is 25.1 Å². The Morgan fingerprint density at radius 2 is 2.22 bits per heavy atom. The minimum absolute atomic E-state index is 0.0355. The highest BCUT2D eigenvalue weighted by Crippen LogP contribution is 2.04. The maximum Gasteiger partial charge on any atom is 0.236 e. The third-order valence-electron chi connectivity index (χ3n) is 2.71. The number of carbonyl (C=O) groups is 1. The lowest BCUT2D eigenvalue weighted by atomic mass is 10.3. The van der Waals surface area contributed by atoms with E-state index in [4.69, 9.17) is 9.52 Å². The summed E-state index contributed by atoms with van der Waals surface area (Å²) in [5, 5.41) is 8.94. The Morgan fingerprint density at radius 3 is 2.78 bits per heavy atom. The molecule has 0 bridgehead atoms. The van der Waals surface area contributed by atoms with Crippen LogP contribution in [0.15, 0.2) is 22.8 Å². The first kappa shape index (κ1) is 14.7. The van der Waals surface area contributed by atoms with Gasteiger partial charge in [0, 0.05) is 13.6 Å². The SMILES string of the molecule is CCCN(CCO)CC(=O)N(C)Cc1ccco1. The molecule has 0 aliphatic rings. The van der Waals surface area contributed by atoms with E-state index in [9.17, 15) is 4.79 Å². The van der Waals surface area contributed by atoms with Crippen molar-refractivity contribution >= 4 is 5.91 Å². The number of hydrogen-bond acceptors (Lipinski definition) is 4. The van der Waals surface area contributed by atoms with E-state index in [1.54, 1.807) is 18.2 Å². The molecule has 0 saturated heterocycles. The van der Waals surface area contributed by atoms with Crippen LogP contribution in [0.4, 0.5) is 0 Å². The zero-order chi connectivity index (χ0) is 13.4. The summed E-state index contributed by atoms with van der Waals surface area (Å²) in [6.07, 6.45) is 2.57. The molecule has 0 spiro atoms. The number of amides is 1. The van der Waals surface area contributed by atoms with Crippen molar-refractivity contribution in [1.82, 2.24) is 9.80 Å². The van der Waals surface area contributed by atoms with Crippen LogP contribution in [0, 0.1) is 0 Å². The fourth-order valence-corrected chi connectivity index (χ4v) is 1.76. The summed E-state index contributed by atoms with van der Waals surface area (Å²) in [5.41, 5.74) is 0. The normalized spacial score (nSPS) is 10.9. The van der Waals surface area contributed by atoms with E-state index >= 15 is 0 Å². The summed E-state index contributed by atoms with van der Waals surface area (Å²) in [6, 6.07) is 3.66. The lowest BCUT2D eigenvalue weighted by molar-refractivity contribution is -0.132. The predicted octanol–water partition coefficient (Wildman–Crippen LogP) is 0.942. The molecule has 1 aromatic heterocycles. The number of nitrogens with zero attached hydrogens (tertiary/aromatic N) is 2. The predicted molar refractivity (Wildman–Crippen MR) is 69.0 cm³/mol. The first-order valence-corrected chi connectivity index (χ1v) is 6.27. The van der Waals surface area contributed by atoms with Crippen LogP contribution in [0.5, 0.6) is 0 Å². The van der Waals surface area contributed by atoms with Crippen LogP contribution in [0.25, 0.3) is 0 Å². The first-order chi connectivity index (χ1) is 8.67. The van der Waals surface area contributed by atoms with Crippen LogP contribution in [0.2, 0.25) is 0 Å². The highest BCUT2D eigenvalue weighted by Gasteiger charge is 2.14. The van der Waals surface area contributed by atoms with Gasteiger partial charge in [0.2, 0.25) is 5.91 Å². The fraction of sp³-hybridized carbons (Fsp3) is 0.615. The fourth-order valence-electron chi connectivity index (χ4n) is 1.76. The number of furan rings is 1. The average Bonchev–Trinajstić information content (AvgIpc) is 2.82. The van der Waals surface area contributed by atoms with E-state index in [1.807, 2.05) is 17.0 Å². The zero-order valence-electron chi connectivity index (χ0n) is 11.1. The van der Waals surface area contributed by atoms with Crippen molar-refractivity contribution in [2.75, 3.05) is 33.3 Å². The molecule has 1 rings (SSSR count). The van der Waals surface area contributed by atoms with Crippen molar-refractivity contribution in [3.05, 3.63) is 24.2 Å². The molecule has 0 aliphatic carbocycles. The van der Waals surface area contributed by atoms with E-state index < -0.39 is 0 Å². The van der Waals surface area contributed by atoms with Crippen molar-refractivity contribution in [3.63, 3.8) is 0 Å². The van der Waals surface area contributed by atoms with Crippen LogP contribution in [-0.4, -0.2) is 54.1 Å². The molecular formula is C13H22N2O3. The number of rotatable bonds is 8. The minimum atomic E-state index is 0.0355. The van der Waals surface area contributed by atoms with Crippen molar-refractivity contribution in [2.45, 2.75) is 19.9 Å². The van der Waals surface area contributed by atoms with Crippen molar-refractivity contribution in [1.29, 1.82) is 0 Å². The molecule has 0 atom stereocenters. The molecule has 0 aromatic carbocycles. The number of aliphatic hydroxyl groups is 1. The summed E-state index contributed by atoms with van der Waals surface area (Å²) in [4.78, 5) is 15.6. The van der Waals surface area contributed by atoms with Gasteiger partial charge in [0.1, 0.15) is 5.76 Å². The van der Waals surface area contributed by atoms with Crippen molar-refractivity contribution < 1.29 is 14.3 Å².